The lowest BCUT2D eigenvalue weighted by Crippen LogP contribution is -2.30. The number of carbonyl (C=O) groups excluding carboxylic acids is 3. The molecular formula is C66H116O6. The molecule has 1 atom stereocenters. The SMILES string of the molecule is CCCCCC/C=C\C/C=C\CCCCCCCCCC(=O)OC(COC(=O)CCCCCCC/C=C\CCCCCC)COC(=O)CCCCCCCCCC/C=C\C/C=C\C/C=C\CCCCCCC. The van der Waals surface area contributed by atoms with Crippen molar-refractivity contribution in [3.63, 3.8) is 0 Å². The van der Waals surface area contributed by atoms with Crippen LogP contribution in [0.2, 0.25) is 0 Å². The first kappa shape index (κ1) is 68.8. The minimum Gasteiger partial charge on any atom is -0.462 e. The van der Waals surface area contributed by atoms with E-state index in [1.54, 1.807) is 0 Å². The third-order valence-corrected chi connectivity index (χ3v) is 13.4. The van der Waals surface area contributed by atoms with E-state index in [0.717, 1.165) is 96.3 Å². The molecule has 0 saturated carbocycles. The molecule has 0 fully saturated rings. The molecule has 1 unspecified atom stereocenters. The van der Waals surface area contributed by atoms with E-state index in [1.807, 2.05) is 0 Å². The molecule has 0 amide bonds. The monoisotopic (exact) mass is 1000 g/mol. The van der Waals surface area contributed by atoms with Gasteiger partial charge >= 0.3 is 17.9 Å². The van der Waals surface area contributed by atoms with Crippen molar-refractivity contribution in [1.82, 2.24) is 0 Å². The molecule has 6 nitrogen and oxygen atoms in total. The average Bonchev–Trinajstić information content (AvgIpc) is 3.38. The minimum atomic E-state index is -0.787. The zero-order chi connectivity index (χ0) is 52.2. The van der Waals surface area contributed by atoms with Crippen LogP contribution in [0, 0.1) is 0 Å². The highest BCUT2D eigenvalue weighted by Gasteiger charge is 2.19. The molecule has 0 bridgehead atoms. The topological polar surface area (TPSA) is 78.9 Å². The van der Waals surface area contributed by atoms with E-state index >= 15 is 0 Å². The molecule has 0 N–H and O–H groups in total. The molecule has 0 aliphatic heterocycles. The van der Waals surface area contributed by atoms with Crippen molar-refractivity contribution < 1.29 is 28.6 Å². The predicted octanol–water partition coefficient (Wildman–Crippen LogP) is 20.9. The van der Waals surface area contributed by atoms with Gasteiger partial charge in [-0.05, 0) is 116 Å². The van der Waals surface area contributed by atoms with Crippen molar-refractivity contribution in [2.75, 3.05) is 13.2 Å². The van der Waals surface area contributed by atoms with Crippen LogP contribution in [0.1, 0.15) is 310 Å². The Hall–Kier alpha value is -3.15. The Morgan fingerprint density at radius 3 is 0.806 bits per heavy atom. The van der Waals surface area contributed by atoms with Gasteiger partial charge in [-0.1, -0.05) is 248 Å². The van der Waals surface area contributed by atoms with Crippen LogP contribution in [0.4, 0.5) is 0 Å². The molecule has 0 aromatic carbocycles. The maximum Gasteiger partial charge on any atom is 0.306 e. The molecule has 0 radical (unpaired) electrons. The molecule has 0 aromatic heterocycles. The fourth-order valence-electron chi connectivity index (χ4n) is 8.71. The molecule has 0 rings (SSSR count). The Morgan fingerprint density at radius 2 is 0.500 bits per heavy atom. The summed E-state index contributed by atoms with van der Waals surface area (Å²) in [6, 6.07) is 0. The molecule has 416 valence electrons. The molecule has 0 spiro atoms. The maximum absolute atomic E-state index is 12.9. The minimum absolute atomic E-state index is 0.0844. The number of rotatable bonds is 56. The smallest absolute Gasteiger partial charge is 0.306 e. The Labute approximate surface area is 446 Å². The molecule has 0 saturated heterocycles. The number of hydrogen-bond acceptors (Lipinski definition) is 6. The fraction of sp³-hybridized carbons (Fsp3) is 0.773. The summed E-state index contributed by atoms with van der Waals surface area (Å²) in [4.78, 5) is 38.2. The highest BCUT2D eigenvalue weighted by Crippen LogP contribution is 2.15. The molecular weight excluding hydrogens is 889 g/mol. The number of unbranched alkanes of at least 4 members (excludes halogenated alkanes) is 33. The van der Waals surface area contributed by atoms with Crippen LogP contribution in [0.25, 0.3) is 0 Å². The maximum atomic E-state index is 12.9. The van der Waals surface area contributed by atoms with Crippen molar-refractivity contribution >= 4 is 17.9 Å². The third kappa shape index (κ3) is 57.7. The van der Waals surface area contributed by atoms with Gasteiger partial charge in [0.1, 0.15) is 13.2 Å². The number of allylic oxidation sites excluding steroid dienone is 12. The standard InChI is InChI=1S/C66H116O6/c1-4-7-10-13-16-19-22-25-27-29-31-32-33-34-35-37-38-41-44-47-50-53-56-59-65(68)71-62-63(61-70-64(67)58-55-52-49-46-43-40-24-21-18-15-12-9-6-3)72-66(69)60-57-54-51-48-45-42-39-36-30-28-26-23-20-17-14-11-8-5-2/h20-25,28-31,33-34,63H,4-19,26-27,32,35-62H2,1-3H3/b23-20-,24-21-,25-22-,30-28-,31-29-,34-33-. The predicted molar refractivity (Wildman–Crippen MR) is 311 cm³/mol. The zero-order valence-corrected chi connectivity index (χ0v) is 47.7. The van der Waals surface area contributed by atoms with Crippen molar-refractivity contribution in [2.24, 2.45) is 0 Å². The Kier molecular flexibility index (Phi) is 57.8. The number of carbonyl (C=O) groups is 3. The molecule has 6 heteroatoms. The molecule has 0 aliphatic rings. The van der Waals surface area contributed by atoms with Crippen LogP contribution in [0.5, 0.6) is 0 Å². The lowest BCUT2D eigenvalue weighted by atomic mass is 10.1. The van der Waals surface area contributed by atoms with Crippen LogP contribution < -0.4 is 0 Å². The van der Waals surface area contributed by atoms with E-state index in [-0.39, 0.29) is 31.1 Å². The first-order chi connectivity index (χ1) is 35.5. The average molecular weight is 1010 g/mol. The van der Waals surface area contributed by atoms with Crippen LogP contribution in [-0.2, 0) is 28.6 Å². The van der Waals surface area contributed by atoms with Crippen LogP contribution >= 0.6 is 0 Å². The summed E-state index contributed by atoms with van der Waals surface area (Å²) in [5.41, 5.74) is 0. The van der Waals surface area contributed by atoms with Gasteiger partial charge in [0.15, 0.2) is 6.10 Å². The fourth-order valence-corrected chi connectivity index (χ4v) is 8.71. The summed E-state index contributed by atoms with van der Waals surface area (Å²) >= 11 is 0. The van der Waals surface area contributed by atoms with Gasteiger partial charge in [0.2, 0.25) is 0 Å². The van der Waals surface area contributed by atoms with Gasteiger partial charge in [0.05, 0.1) is 0 Å². The normalized spacial score (nSPS) is 12.5. The zero-order valence-electron chi connectivity index (χ0n) is 47.7. The summed E-state index contributed by atoms with van der Waals surface area (Å²) < 4.78 is 16.9. The Morgan fingerprint density at radius 1 is 0.278 bits per heavy atom. The van der Waals surface area contributed by atoms with Crippen molar-refractivity contribution in [3.05, 3.63) is 72.9 Å². The van der Waals surface area contributed by atoms with Crippen molar-refractivity contribution in [2.45, 2.75) is 316 Å². The van der Waals surface area contributed by atoms with E-state index in [4.69, 9.17) is 14.2 Å². The number of ether oxygens (including phenoxy) is 3. The van der Waals surface area contributed by atoms with Gasteiger partial charge in [-0.25, -0.2) is 0 Å². The largest absolute Gasteiger partial charge is 0.462 e. The van der Waals surface area contributed by atoms with Gasteiger partial charge in [0, 0.05) is 19.3 Å². The third-order valence-electron chi connectivity index (χ3n) is 13.4. The van der Waals surface area contributed by atoms with Crippen LogP contribution in [-0.4, -0.2) is 37.2 Å². The van der Waals surface area contributed by atoms with Gasteiger partial charge in [-0.2, -0.15) is 0 Å². The second kappa shape index (κ2) is 60.4. The summed E-state index contributed by atoms with van der Waals surface area (Å²) in [6.45, 7) is 6.60. The van der Waals surface area contributed by atoms with E-state index in [2.05, 4.69) is 93.7 Å². The molecule has 0 aromatic rings. The number of hydrogen-bond donors (Lipinski definition) is 0. The van der Waals surface area contributed by atoms with Gasteiger partial charge in [0.25, 0.3) is 0 Å². The van der Waals surface area contributed by atoms with Gasteiger partial charge < -0.3 is 14.2 Å². The summed E-state index contributed by atoms with van der Waals surface area (Å²) in [6.07, 6.45) is 77.5. The van der Waals surface area contributed by atoms with E-state index in [1.165, 1.54) is 173 Å². The van der Waals surface area contributed by atoms with Crippen molar-refractivity contribution in [3.8, 4) is 0 Å². The lowest BCUT2D eigenvalue weighted by Gasteiger charge is -2.18. The van der Waals surface area contributed by atoms with Gasteiger partial charge in [-0.3, -0.25) is 14.4 Å². The first-order valence-electron chi connectivity index (χ1n) is 30.9. The summed E-state index contributed by atoms with van der Waals surface area (Å²) in [5, 5.41) is 0. The van der Waals surface area contributed by atoms with Crippen LogP contribution in [0.3, 0.4) is 0 Å². The summed E-state index contributed by atoms with van der Waals surface area (Å²) in [7, 11) is 0. The highest BCUT2D eigenvalue weighted by molar-refractivity contribution is 5.71. The summed E-state index contributed by atoms with van der Waals surface area (Å²) in [5.74, 6) is -0.897. The van der Waals surface area contributed by atoms with Gasteiger partial charge in [-0.15, -0.1) is 0 Å². The van der Waals surface area contributed by atoms with E-state index in [0.29, 0.717) is 19.3 Å². The Bertz CT molecular complexity index is 1340. The lowest BCUT2D eigenvalue weighted by molar-refractivity contribution is -0.167. The molecule has 0 heterocycles. The quantitative estimate of drug-likeness (QED) is 0.0261. The molecule has 72 heavy (non-hydrogen) atoms. The molecule has 0 aliphatic carbocycles. The first-order valence-corrected chi connectivity index (χ1v) is 30.9. The second-order valence-corrected chi connectivity index (χ2v) is 20.6. The Balaban J connectivity index is 4.36. The highest BCUT2D eigenvalue weighted by atomic mass is 16.6. The number of esters is 3. The van der Waals surface area contributed by atoms with E-state index in [9.17, 15) is 14.4 Å². The van der Waals surface area contributed by atoms with Crippen molar-refractivity contribution in [1.29, 1.82) is 0 Å². The van der Waals surface area contributed by atoms with Crippen LogP contribution in [0.15, 0.2) is 72.9 Å². The second-order valence-electron chi connectivity index (χ2n) is 20.6. The van der Waals surface area contributed by atoms with E-state index < -0.39 is 6.10 Å².